The lowest BCUT2D eigenvalue weighted by Crippen LogP contribution is -2.52. The van der Waals surface area contributed by atoms with Gasteiger partial charge in [0, 0.05) is 25.1 Å². The van der Waals surface area contributed by atoms with Crippen LogP contribution in [-0.4, -0.2) is 52.4 Å². The summed E-state index contributed by atoms with van der Waals surface area (Å²) in [5.74, 6) is -1.90. The lowest BCUT2D eigenvalue weighted by atomic mass is 9.82. The van der Waals surface area contributed by atoms with E-state index in [2.05, 4.69) is 5.32 Å². The van der Waals surface area contributed by atoms with Crippen molar-refractivity contribution in [3.63, 3.8) is 0 Å². The number of aliphatic carboxylic acids is 1. The zero-order valence-electron chi connectivity index (χ0n) is 16.1. The van der Waals surface area contributed by atoms with E-state index in [0.29, 0.717) is 38.0 Å². The average Bonchev–Trinajstić information content (AvgIpc) is 2.97. The number of aryl methyl sites for hydroxylation is 1. The van der Waals surface area contributed by atoms with E-state index in [4.69, 9.17) is 9.84 Å². The van der Waals surface area contributed by atoms with Crippen LogP contribution in [0.25, 0.3) is 0 Å². The van der Waals surface area contributed by atoms with Crippen molar-refractivity contribution in [2.75, 3.05) is 6.61 Å². The van der Waals surface area contributed by atoms with Gasteiger partial charge in [-0.2, -0.15) is 0 Å². The fourth-order valence-electron chi connectivity index (χ4n) is 4.30. The molecule has 1 saturated carbocycles. The molecule has 3 amide bonds. The molecule has 1 atom stereocenters. The Morgan fingerprint density at radius 1 is 1.24 bits per heavy atom. The zero-order valence-corrected chi connectivity index (χ0v) is 16.1. The summed E-state index contributed by atoms with van der Waals surface area (Å²) in [6.45, 7) is 0.922. The number of piperidine rings is 1. The van der Waals surface area contributed by atoms with E-state index >= 15 is 0 Å². The Morgan fingerprint density at radius 3 is 2.76 bits per heavy atom. The highest BCUT2D eigenvalue weighted by atomic mass is 16.5. The highest BCUT2D eigenvalue weighted by Crippen LogP contribution is 2.32. The molecule has 2 fully saturated rings. The lowest BCUT2D eigenvalue weighted by molar-refractivity contribution is -0.151. The zero-order chi connectivity index (χ0) is 20.5. The molecule has 1 aliphatic carbocycles. The third kappa shape index (κ3) is 3.89. The minimum atomic E-state index is -0.755. The molecule has 8 nitrogen and oxygen atoms in total. The minimum absolute atomic E-state index is 0.0298. The van der Waals surface area contributed by atoms with Gasteiger partial charge in [-0.25, -0.2) is 0 Å². The van der Waals surface area contributed by atoms with Crippen molar-refractivity contribution in [1.82, 2.24) is 10.2 Å². The molecular weight excluding hydrogens is 376 g/mol. The number of nitrogens with one attached hydrogen (secondary N) is 1. The smallest absolute Gasteiger partial charge is 0.306 e. The number of hydrogen-bond donors (Lipinski definition) is 2. The molecule has 4 rings (SSSR count). The normalized spacial score (nSPS) is 26.1. The molecule has 0 unspecified atom stereocenters. The molecule has 0 bridgehead atoms. The molecule has 0 aromatic heterocycles. The van der Waals surface area contributed by atoms with Crippen molar-refractivity contribution in [2.24, 2.45) is 5.92 Å². The van der Waals surface area contributed by atoms with Crippen molar-refractivity contribution in [1.29, 1.82) is 0 Å². The summed E-state index contributed by atoms with van der Waals surface area (Å²) in [5, 5.41) is 11.2. The maximum absolute atomic E-state index is 12.8. The number of benzene rings is 1. The maximum atomic E-state index is 12.8. The summed E-state index contributed by atoms with van der Waals surface area (Å²) in [6.07, 6.45) is 3.29. The molecule has 0 radical (unpaired) electrons. The van der Waals surface area contributed by atoms with Crippen LogP contribution in [0, 0.1) is 5.92 Å². The first kappa shape index (κ1) is 19.6. The van der Waals surface area contributed by atoms with Crippen LogP contribution in [0.2, 0.25) is 0 Å². The highest BCUT2D eigenvalue weighted by molar-refractivity contribution is 6.05. The number of hydrogen-bond acceptors (Lipinski definition) is 5. The number of carbonyl (C=O) groups is 4. The number of carbonyl (C=O) groups excluding carboxylic acids is 3. The van der Waals surface area contributed by atoms with Gasteiger partial charge < -0.3 is 14.7 Å². The Kier molecular flexibility index (Phi) is 5.36. The first-order chi connectivity index (χ1) is 13.9. The molecule has 154 valence electrons. The standard InChI is InChI=1S/C21H24N2O6/c24-18-7-6-17(19(25)22-18)23-11-16-12(3-1-5-15(16)20(23)26)4-2-8-29-14-9-13(10-14)21(27)28/h1,3,5,13-14,17H,2,4,6-11H2,(H,27,28)(H,22,24,25)/t13?,14?,17-/m1/s1. The molecule has 2 heterocycles. The third-order valence-corrected chi connectivity index (χ3v) is 6.07. The summed E-state index contributed by atoms with van der Waals surface area (Å²) in [4.78, 5) is 48.8. The summed E-state index contributed by atoms with van der Waals surface area (Å²) in [7, 11) is 0. The van der Waals surface area contributed by atoms with E-state index in [9.17, 15) is 19.2 Å². The number of carboxylic acid groups (broad SMARTS) is 1. The Labute approximate surface area is 168 Å². The number of carboxylic acids is 1. The number of amides is 3. The average molecular weight is 400 g/mol. The lowest BCUT2D eigenvalue weighted by Gasteiger charge is -2.32. The van der Waals surface area contributed by atoms with Crippen molar-refractivity contribution in [3.8, 4) is 0 Å². The largest absolute Gasteiger partial charge is 0.481 e. The molecule has 1 saturated heterocycles. The second kappa shape index (κ2) is 7.94. The minimum Gasteiger partial charge on any atom is -0.481 e. The van der Waals surface area contributed by atoms with Crippen molar-refractivity contribution >= 4 is 23.7 Å². The van der Waals surface area contributed by atoms with E-state index in [-0.39, 0.29) is 30.3 Å². The van der Waals surface area contributed by atoms with Gasteiger partial charge in [0.15, 0.2) is 0 Å². The quantitative estimate of drug-likeness (QED) is 0.526. The Hall–Kier alpha value is -2.74. The van der Waals surface area contributed by atoms with Crippen LogP contribution in [0.4, 0.5) is 0 Å². The summed E-state index contributed by atoms with van der Waals surface area (Å²) >= 11 is 0. The summed E-state index contributed by atoms with van der Waals surface area (Å²) < 4.78 is 5.74. The second-order valence-electron chi connectivity index (χ2n) is 7.95. The Morgan fingerprint density at radius 2 is 2.03 bits per heavy atom. The predicted molar refractivity (Wildman–Crippen MR) is 101 cm³/mol. The van der Waals surface area contributed by atoms with Crippen LogP contribution in [0.1, 0.15) is 53.6 Å². The van der Waals surface area contributed by atoms with Gasteiger partial charge in [0.25, 0.3) is 5.91 Å². The van der Waals surface area contributed by atoms with Crippen LogP contribution >= 0.6 is 0 Å². The predicted octanol–water partition coefficient (Wildman–Crippen LogP) is 1.26. The first-order valence-electron chi connectivity index (χ1n) is 10.0. The van der Waals surface area contributed by atoms with E-state index in [1.54, 1.807) is 11.0 Å². The Bertz CT molecular complexity index is 861. The topological polar surface area (TPSA) is 113 Å². The van der Waals surface area contributed by atoms with E-state index < -0.39 is 17.9 Å². The van der Waals surface area contributed by atoms with Crippen LogP contribution in [0.15, 0.2) is 18.2 Å². The van der Waals surface area contributed by atoms with Gasteiger partial charge in [-0.15, -0.1) is 0 Å². The molecule has 1 aromatic rings. The van der Waals surface area contributed by atoms with Gasteiger partial charge in [0.05, 0.1) is 12.0 Å². The van der Waals surface area contributed by atoms with Gasteiger partial charge in [-0.1, -0.05) is 12.1 Å². The SMILES string of the molecule is O=C1CC[C@@H](N2Cc3c(CCCOC4CC(C(=O)O)C4)cccc3C2=O)C(=O)N1. The molecule has 1 aromatic carbocycles. The van der Waals surface area contributed by atoms with Gasteiger partial charge in [0.1, 0.15) is 6.04 Å². The van der Waals surface area contributed by atoms with Crippen LogP contribution in [0.3, 0.4) is 0 Å². The molecule has 8 heteroatoms. The van der Waals surface area contributed by atoms with E-state index in [0.717, 1.165) is 24.0 Å². The molecule has 29 heavy (non-hydrogen) atoms. The van der Waals surface area contributed by atoms with Crippen LogP contribution in [-0.2, 0) is 32.1 Å². The number of nitrogens with zero attached hydrogens (tertiary/aromatic N) is 1. The van der Waals surface area contributed by atoms with Crippen LogP contribution < -0.4 is 5.32 Å². The molecule has 2 aliphatic heterocycles. The second-order valence-corrected chi connectivity index (χ2v) is 7.95. The molecule has 3 aliphatic rings. The first-order valence-corrected chi connectivity index (χ1v) is 10.0. The van der Waals surface area contributed by atoms with E-state index in [1.165, 1.54) is 0 Å². The van der Waals surface area contributed by atoms with Crippen molar-refractivity contribution in [2.45, 2.75) is 57.2 Å². The molecular formula is C21H24N2O6. The van der Waals surface area contributed by atoms with Gasteiger partial charge in [-0.3, -0.25) is 24.5 Å². The number of ether oxygens (including phenoxy) is 1. The number of fused-ring (bicyclic) bond motifs is 1. The fourth-order valence-corrected chi connectivity index (χ4v) is 4.30. The molecule has 2 N–H and O–H groups in total. The van der Waals surface area contributed by atoms with Gasteiger partial charge in [-0.05, 0) is 49.3 Å². The summed E-state index contributed by atoms with van der Waals surface area (Å²) in [5.41, 5.74) is 2.62. The van der Waals surface area contributed by atoms with Crippen molar-refractivity contribution in [3.05, 3.63) is 34.9 Å². The summed E-state index contributed by atoms with van der Waals surface area (Å²) in [6, 6.07) is 5.02. The van der Waals surface area contributed by atoms with E-state index in [1.807, 2.05) is 12.1 Å². The monoisotopic (exact) mass is 400 g/mol. The van der Waals surface area contributed by atoms with Crippen molar-refractivity contribution < 1.29 is 29.0 Å². The molecule has 0 spiro atoms. The maximum Gasteiger partial charge on any atom is 0.306 e. The Balaban J connectivity index is 1.33. The van der Waals surface area contributed by atoms with Gasteiger partial charge >= 0.3 is 5.97 Å². The fraction of sp³-hybridized carbons (Fsp3) is 0.524. The third-order valence-electron chi connectivity index (χ3n) is 6.07. The number of imide groups is 1. The highest BCUT2D eigenvalue weighted by Gasteiger charge is 2.39. The van der Waals surface area contributed by atoms with Crippen LogP contribution in [0.5, 0.6) is 0 Å². The number of rotatable bonds is 7. The van der Waals surface area contributed by atoms with Gasteiger partial charge in [0.2, 0.25) is 11.8 Å².